The lowest BCUT2D eigenvalue weighted by Gasteiger charge is -2.13. The van der Waals surface area contributed by atoms with Crippen molar-refractivity contribution in [2.45, 2.75) is 89.6 Å². The van der Waals surface area contributed by atoms with Crippen molar-refractivity contribution < 1.29 is 19.1 Å². The van der Waals surface area contributed by atoms with Gasteiger partial charge in [-0.1, -0.05) is 83.1 Å². The minimum Gasteiger partial charge on any atom is -0.463 e. The van der Waals surface area contributed by atoms with Crippen LogP contribution in [0.2, 0.25) is 0 Å². The van der Waals surface area contributed by atoms with Crippen molar-refractivity contribution >= 4 is 23.7 Å². The fourth-order valence-corrected chi connectivity index (χ4v) is 4.45. The highest BCUT2D eigenvalue weighted by molar-refractivity contribution is 7.99. The third kappa shape index (κ3) is 10.3. The molecule has 0 aromatic heterocycles. The molecular weight excluding hydrogens is 444 g/mol. The summed E-state index contributed by atoms with van der Waals surface area (Å²) in [6.07, 6.45) is 9.58. The van der Waals surface area contributed by atoms with Crippen LogP contribution in [-0.4, -0.2) is 30.4 Å². The van der Waals surface area contributed by atoms with Gasteiger partial charge in [-0.3, -0.25) is 0 Å². The van der Waals surface area contributed by atoms with Gasteiger partial charge in [-0.15, -0.1) is 11.8 Å². The third-order valence-electron chi connectivity index (χ3n) is 5.68. The molecule has 2 aromatic rings. The van der Waals surface area contributed by atoms with E-state index >= 15 is 0 Å². The number of rotatable bonds is 16. The number of unbranched alkanes of at least 4 members (excludes halogenated alkanes) is 7. The molecule has 0 saturated carbocycles. The van der Waals surface area contributed by atoms with Crippen LogP contribution in [0.3, 0.4) is 0 Å². The fourth-order valence-electron chi connectivity index (χ4n) is 3.53. The van der Waals surface area contributed by atoms with Crippen molar-refractivity contribution in [2.24, 2.45) is 0 Å². The molecule has 1 atom stereocenters. The molecule has 2 aromatic carbocycles. The van der Waals surface area contributed by atoms with E-state index in [1.54, 1.807) is 19.1 Å². The van der Waals surface area contributed by atoms with Gasteiger partial charge in [-0.05, 0) is 60.9 Å². The largest absolute Gasteiger partial charge is 0.463 e. The molecule has 0 unspecified atom stereocenters. The summed E-state index contributed by atoms with van der Waals surface area (Å²) >= 11 is 1.89. The number of benzene rings is 2. The van der Waals surface area contributed by atoms with E-state index in [1.165, 1.54) is 43.4 Å². The molecule has 0 amide bonds. The average Bonchev–Trinajstić information content (AvgIpc) is 2.86. The van der Waals surface area contributed by atoms with Crippen molar-refractivity contribution in [2.75, 3.05) is 12.4 Å². The number of hydrogen-bond acceptors (Lipinski definition) is 5. The number of carbonyl (C=O) groups is 2. The second-order valence-corrected chi connectivity index (χ2v) is 9.81. The van der Waals surface area contributed by atoms with Crippen LogP contribution in [0.15, 0.2) is 53.4 Å². The van der Waals surface area contributed by atoms with E-state index in [-0.39, 0.29) is 0 Å². The van der Waals surface area contributed by atoms with Crippen LogP contribution in [0, 0.1) is 0 Å². The Morgan fingerprint density at radius 1 is 0.765 bits per heavy atom. The predicted molar refractivity (Wildman–Crippen MR) is 141 cm³/mol. The van der Waals surface area contributed by atoms with Crippen molar-refractivity contribution in [3.05, 3.63) is 54.1 Å². The maximum Gasteiger partial charge on any atom is 0.347 e. The molecule has 0 bridgehead atoms. The molecule has 0 spiro atoms. The van der Waals surface area contributed by atoms with Crippen LogP contribution in [0.4, 0.5) is 0 Å². The Balaban J connectivity index is 1.77. The molecule has 0 aliphatic heterocycles. The second-order valence-electron chi connectivity index (χ2n) is 8.64. The Morgan fingerprint density at radius 2 is 1.32 bits per heavy atom. The van der Waals surface area contributed by atoms with E-state index in [2.05, 4.69) is 38.1 Å². The van der Waals surface area contributed by atoms with Crippen molar-refractivity contribution in [3.63, 3.8) is 0 Å². The van der Waals surface area contributed by atoms with Crippen LogP contribution >= 0.6 is 11.8 Å². The summed E-state index contributed by atoms with van der Waals surface area (Å²) in [5.41, 5.74) is 2.55. The molecule has 0 N–H and O–H groups in total. The van der Waals surface area contributed by atoms with Gasteiger partial charge in [-0.25, -0.2) is 9.59 Å². The fraction of sp³-hybridized carbons (Fsp3) is 0.517. The van der Waals surface area contributed by atoms with Crippen LogP contribution in [0.25, 0.3) is 11.1 Å². The lowest BCUT2D eigenvalue weighted by atomic mass is 10.0. The molecule has 4 nitrogen and oxygen atoms in total. The highest BCUT2D eigenvalue weighted by Crippen LogP contribution is 2.25. The summed E-state index contributed by atoms with van der Waals surface area (Å²) in [5, 5.41) is 0. The molecule has 2 rings (SSSR count). The molecular formula is C29H40O4S. The molecule has 0 heterocycles. The van der Waals surface area contributed by atoms with E-state index in [1.807, 2.05) is 23.9 Å². The van der Waals surface area contributed by atoms with Gasteiger partial charge in [0.05, 0.1) is 12.2 Å². The van der Waals surface area contributed by atoms with Gasteiger partial charge in [0.2, 0.25) is 0 Å². The first-order valence-electron chi connectivity index (χ1n) is 12.8. The summed E-state index contributed by atoms with van der Waals surface area (Å²) < 4.78 is 10.6. The summed E-state index contributed by atoms with van der Waals surface area (Å²) in [7, 11) is 0. The van der Waals surface area contributed by atoms with Crippen LogP contribution < -0.4 is 0 Å². The van der Waals surface area contributed by atoms with Gasteiger partial charge in [-0.2, -0.15) is 0 Å². The van der Waals surface area contributed by atoms with Crippen molar-refractivity contribution in [3.8, 4) is 11.1 Å². The Hall–Kier alpha value is -2.27. The quantitative estimate of drug-likeness (QED) is 0.137. The molecule has 186 valence electrons. The zero-order valence-corrected chi connectivity index (χ0v) is 21.8. The van der Waals surface area contributed by atoms with E-state index in [9.17, 15) is 9.59 Å². The highest BCUT2D eigenvalue weighted by Gasteiger charge is 2.20. The Morgan fingerprint density at radius 3 is 1.97 bits per heavy atom. The maximum atomic E-state index is 12.4. The lowest BCUT2D eigenvalue weighted by Crippen LogP contribution is -2.26. The number of esters is 2. The van der Waals surface area contributed by atoms with Gasteiger partial charge >= 0.3 is 11.9 Å². The summed E-state index contributed by atoms with van der Waals surface area (Å²) in [6, 6.07) is 15.8. The number of thioether (sulfide) groups is 1. The SMILES string of the molecule is CCCCCCCCOC(=O)[C@H](C)OC(=O)c1ccc(-c2ccc(SCCCCC)cc2)cc1. The van der Waals surface area contributed by atoms with Crippen LogP contribution in [-0.2, 0) is 14.3 Å². The molecule has 34 heavy (non-hydrogen) atoms. The van der Waals surface area contributed by atoms with Gasteiger partial charge in [0.1, 0.15) is 0 Å². The average molecular weight is 485 g/mol. The van der Waals surface area contributed by atoms with Crippen LogP contribution in [0.5, 0.6) is 0 Å². The Kier molecular flexibility index (Phi) is 13.5. The van der Waals surface area contributed by atoms with Gasteiger partial charge in [0, 0.05) is 4.90 Å². The summed E-state index contributed by atoms with van der Waals surface area (Å²) in [4.78, 5) is 25.8. The zero-order chi connectivity index (χ0) is 24.6. The first kappa shape index (κ1) is 28.0. The molecule has 0 fully saturated rings. The number of ether oxygens (including phenoxy) is 2. The number of hydrogen-bond donors (Lipinski definition) is 0. The standard InChI is InChI=1S/C29H40O4S/c1-4-6-8-9-10-11-21-32-28(30)23(3)33-29(31)26-15-13-24(14-16-26)25-17-19-27(20-18-25)34-22-12-7-5-2/h13-20,23H,4-12,21-22H2,1-3H3/t23-/m0/s1. The van der Waals surface area contributed by atoms with Gasteiger partial charge in [0.25, 0.3) is 0 Å². The molecule has 0 aliphatic carbocycles. The van der Waals surface area contributed by atoms with Crippen molar-refractivity contribution in [1.82, 2.24) is 0 Å². The minimum absolute atomic E-state index is 0.373. The maximum absolute atomic E-state index is 12.4. The molecule has 0 saturated heterocycles. The van der Waals surface area contributed by atoms with E-state index < -0.39 is 18.0 Å². The first-order valence-corrected chi connectivity index (χ1v) is 13.7. The smallest absolute Gasteiger partial charge is 0.347 e. The van der Waals surface area contributed by atoms with Gasteiger partial charge < -0.3 is 9.47 Å². The minimum atomic E-state index is -0.922. The van der Waals surface area contributed by atoms with E-state index in [0.29, 0.717) is 12.2 Å². The number of carbonyl (C=O) groups excluding carboxylic acids is 2. The summed E-state index contributed by atoms with van der Waals surface area (Å²) in [5.74, 6) is 0.134. The normalized spacial score (nSPS) is 11.7. The zero-order valence-electron chi connectivity index (χ0n) is 21.0. The van der Waals surface area contributed by atoms with Crippen molar-refractivity contribution in [1.29, 1.82) is 0 Å². The summed E-state index contributed by atoms with van der Waals surface area (Å²) in [6.45, 7) is 6.33. The van der Waals surface area contributed by atoms with Gasteiger partial charge in [0.15, 0.2) is 6.10 Å². The topological polar surface area (TPSA) is 52.6 Å². The predicted octanol–water partition coefficient (Wildman–Crippen LogP) is 8.08. The van der Waals surface area contributed by atoms with E-state index in [0.717, 1.165) is 36.1 Å². The Bertz CT molecular complexity index is 845. The first-order chi connectivity index (χ1) is 16.5. The monoisotopic (exact) mass is 484 g/mol. The van der Waals surface area contributed by atoms with E-state index in [4.69, 9.17) is 9.47 Å². The third-order valence-corrected chi connectivity index (χ3v) is 6.78. The van der Waals surface area contributed by atoms with Crippen LogP contribution in [0.1, 0.15) is 88.9 Å². The molecule has 5 heteroatoms. The molecule has 0 aliphatic rings. The Labute approximate surface area is 209 Å². The lowest BCUT2D eigenvalue weighted by molar-refractivity contribution is -0.153. The molecule has 0 radical (unpaired) electrons. The highest BCUT2D eigenvalue weighted by atomic mass is 32.2. The second kappa shape index (κ2) is 16.4.